The molecule has 0 fully saturated rings. The largest absolute Gasteiger partial charge is 0.450 e. The SMILES string of the molecule is CCOC(=O)NC(=O)/C(C#N)=C(/[SiH3])SC. The topological polar surface area (TPSA) is 79.2 Å². The summed E-state index contributed by atoms with van der Waals surface area (Å²) >= 11 is 1.33. The number of hydrogen-bond donors (Lipinski definition) is 1. The van der Waals surface area contributed by atoms with E-state index in [9.17, 15) is 9.59 Å². The zero-order valence-corrected chi connectivity index (χ0v) is 11.6. The average Bonchev–Trinajstić information content (AvgIpc) is 2.18. The molecule has 5 nitrogen and oxygen atoms in total. The molecule has 0 saturated carbocycles. The van der Waals surface area contributed by atoms with Crippen LogP contribution in [0, 0.1) is 11.3 Å². The van der Waals surface area contributed by atoms with Gasteiger partial charge in [0.25, 0.3) is 5.91 Å². The van der Waals surface area contributed by atoms with E-state index < -0.39 is 12.0 Å². The highest BCUT2D eigenvalue weighted by atomic mass is 32.2. The van der Waals surface area contributed by atoms with E-state index in [4.69, 9.17) is 5.26 Å². The quantitative estimate of drug-likeness (QED) is 0.420. The number of nitriles is 1. The van der Waals surface area contributed by atoms with E-state index >= 15 is 0 Å². The van der Waals surface area contributed by atoms with Crippen LogP contribution in [0.1, 0.15) is 6.92 Å². The number of thioether (sulfide) groups is 1. The fraction of sp³-hybridized carbons (Fsp3) is 0.375. The molecule has 82 valence electrons. The van der Waals surface area contributed by atoms with E-state index in [2.05, 4.69) is 4.74 Å². The maximum atomic E-state index is 11.4. The average molecular weight is 244 g/mol. The molecule has 0 aliphatic rings. The molecule has 0 unspecified atom stereocenters. The fourth-order valence-corrected chi connectivity index (χ4v) is 1.40. The van der Waals surface area contributed by atoms with Crippen LogP contribution < -0.4 is 5.32 Å². The minimum absolute atomic E-state index is 0.0118. The monoisotopic (exact) mass is 244 g/mol. The van der Waals surface area contributed by atoms with Crippen molar-refractivity contribution in [2.75, 3.05) is 12.9 Å². The highest BCUT2D eigenvalue weighted by Crippen LogP contribution is 2.12. The van der Waals surface area contributed by atoms with Crippen LogP contribution in [-0.2, 0) is 9.53 Å². The Morgan fingerprint density at radius 3 is 2.60 bits per heavy atom. The van der Waals surface area contributed by atoms with Gasteiger partial charge in [0.15, 0.2) is 0 Å². The summed E-state index contributed by atoms with van der Waals surface area (Å²) in [6, 6.07) is 1.77. The predicted octanol–water partition coefficient (Wildman–Crippen LogP) is -0.277. The van der Waals surface area contributed by atoms with Crippen molar-refractivity contribution in [3.05, 3.63) is 10.1 Å². The Morgan fingerprint density at radius 1 is 1.60 bits per heavy atom. The first-order chi connectivity index (χ1) is 7.06. The molecular weight excluding hydrogens is 232 g/mol. The minimum atomic E-state index is -0.828. The van der Waals surface area contributed by atoms with E-state index in [1.807, 2.05) is 5.32 Å². The lowest BCUT2D eigenvalue weighted by atomic mass is 10.3. The molecule has 1 N–H and O–H groups in total. The van der Waals surface area contributed by atoms with Crippen LogP contribution in [0.5, 0.6) is 0 Å². The Labute approximate surface area is 95.3 Å². The van der Waals surface area contributed by atoms with Crippen molar-refractivity contribution in [3.8, 4) is 6.07 Å². The summed E-state index contributed by atoms with van der Waals surface area (Å²) in [6.45, 7) is 1.81. The highest BCUT2D eigenvalue weighted by molar-refractivity contribution is 8.03. The third-order valence-corrected chi connectivity index (χ3v) is 4.03. The summed E-state index contributed by atoms with van der Waals surface area (Å²) in [4.78, 5) is 22.3. The third-order valence-electron chi connectivity index (χ3n) is 1.49. The van der Waals surface area contributed by atoms with Crippen LogP contribution in [0.4, 0.5) is 4.79 Å². The van der Waals surface area contributed by atoms with Gasteiger partial charge >= 0.3 is 6.09 Å². The van der Waals surface area contributed by atoms with Gasteiger partial charge in [-0.15, -0.1) is 11.8 Å². The lowest BCUT2D eigenvalue weighted by Gasteiger charge is -2.04. The molecule has 0 aromatic carbocycles. The molecule has 0 heterocycles. The Kier molecular flexibility index (Phi) is 6.49. The molecule has 0 spiro atoms. The van der Waals surface area contributed by atoms with Gasteiger partial charge in [0.05, 0.1) is 6.61 Å². The van der Waals surface area contributed by atoms with Crippen molar-refractivity contribution in [3.63, 3.8) is 0 Å². The van der Waals surface area contributed by atoms with E-state index in [0.29, 0.717) is 14.8 Å². The number of ether oxygens (including phenoxy) is 1. The van der Waals surface area contributed by atoms with Gasteiger partial charge in [0.1, 0.15) is 11.6 Å². The Morgan fingerprint density at radius 2 is 2.20 bits per heavy atom. The zero-order valence-electron chi connectivity index (χ0n) is 8.79. The number of imide groups is 1. The molecule has 2 amide bonds. The van der Waals surface area contributed by atoms with Gasteiger partial charge in [-0.2, -0.15) is 5.26 Å². The molecular formula is C8H12N2O3SSi. The van der Waals surface area contributed by atoms with Gasteiger partial charge in [0, 0.05) is 10.2 Å². The summed E-state index contributed by atoms with van der Waals surface area (Å²) in [5.41, 5.74) is -0.0118. The molecule has 0 aromatic rings. The number of amides is 2. The second-order valence-corrected chi connectivity index (χ2v) is 5.17. The maximum absolute atomic E-state index is 11.4. The van der Waals surface area contributed by atoms with Crippen LogP contribution in [0.3, 0.4) is 0 Å². The summed E-state index contributed by atoms with van der Waals surface area (Å²) in [7, 11) is 0.591. The predicted molar refractivity (Wildman–Crippen MR) is 61.3 cm³/mol. The number of nitrogens with one attached hydrogen (secondary N) is 1. The van der Waals surface area contributed by atoms with Crippen LogP contribution >= 0.6 is 11.8 Å². The molecule has 0 atom stereocenters. The number of alkyl carbamates (subject to hydrolysis) is 1. The molecule has 0 rings (SSSR count). The first-order valence-corrected chi connectivity index (χ1v) is 6.42. The molecule has 0 aliphatic carbocycles. The summed E-state index contributed by atoms with van der Waals surface area (Å²) in [5.74, 6) is -0.699. The van der Waals surface area contributed by atoms with Gasteiger partial charge in [-0.05, 0) is 17.7 Å². The van der Waals surface area contributed by atoms with Crippen LogP contribution in [0.2, 0.25) is 0 Å². The van der Waals surface area contributed by atoms with Crippen molar-refractivity contribution in [1.29, 1.82) is 5.26 Å². The van der Waals surface area contributed by atoms with E-state index in [1.54, 1.807) is 19.2 Å². The van der Waals surface area contributed by atoms with Gasteiger partial charge < -0.3 is 4.74 Å². The van der Waals surface area contributed by atoms with Gasteiger partial charge in [-0.1, -0.05) is 0 Å². The zero-order chi connectivity index (χ0) is 11.8. The Balaban J connectivity index is 4.58. The van der Waals surface area contributed by atoms with E-state index in [-0.39, 0.29) is 12.2 Å². The maximum Gasteiger partial charge on any atom is 0.414 e. The number of carbonyl (C=O) groups excluding carboxylic acids is 2. The second kappa shape index (κ2) is 7.08. The van der Waals surface area contributed by atoms with Crippen molar-refractivity contribution >= 4 is 34.0 Å². The standard InChI is InChI=1S/C8H12N2O3SSi/c1-3-13-8(12)10-6(11)5(4-9)7(15)14-2/h3H2,1-2,15H3,(H,10,11,12)/b7-5+. The molecule has 0 saturated heterocycles. The molecule has 0 radical (unpaired) electrons. The first-order valence-electron chi connectivity index (χ1n) is 4.19. The van der Waals surface area contributed by atoms with Gasteiger partial charge in [0.2, 0.25) is 0 Å². The summed E-state index contributed by atoms with van der Waals surface area (Å²) < 4.78 is 5.22. The molecule has 15 heavy (non-hydrogen) atoms. The second-order valence-electron chi connectivity index (χ2n) is 2.42. The number of hydrogen-bond acceptors (Lipinski definition) is 5. The fourth-order valence-electron chi connectivity index (χ4n) is 0.714. The lowest BCUT2D eigenvalue weighted by molar-refractivity contribution is -0.116. The molecule has 0 aromatic heterocycles. The number of rotatable bonds is 3. The third kappa shape index (κ3) is 4.67. The Bertz CT molecular complexity index is 335. The van der Waals surface area contributed by atoms with E-state index in [0.717, 1.165) is 0 Å². The van der Waals surface area contributed by atoms with Crippen molar-refractivity contribution < 1.29 is 14.3 Å². The van der Waals surface area contributed by atoms with Crippen LogP contribution in [0.25, 0.3) is 0 Å². The minimum Gasteiger partial charge on any atom is -0.450 e. The van der Waals surface area contributed by atoms with Crippen molar-refractivity contribution in [1.82, 2.24) is 5.32 Å². The van der Waals surface area contributed by atoms with Crippen LogP contribution in [0.15, 0.2) is 10.1 Å². The first kappa shape index (κ1) is 13.7. The smallest absolute Gasteiger partial charge is 0.414 e. The normalized spacial score (nSPS) is 11.3. The summed E-state index contributed by atoms with van der Waals surface area (Å²) in [6.07, 6.45) is 0.947. The highest BCUT2D eigenvalue weighted by Gasteiger charge is 2.15. The van der Waals surface area contributed by atoms with Gasteiger partial charge in [-0.3, -0.25) is 10.1 Å². The van der Waals surface area contributed by atoms with Crippen molar-refractivity contribution in [2.24, 2.45) is 0 Å². The van der Waals surface area contributed by atoms with Gasteiger partial charge in [-0.25, -0.2) is 4.79 Å². The molecule has 0 bridgehead atoms. The summed E-state index contributed by atoms with van der Waals surface area (Å²) in [5, 5.41) is 10.7. The van der Waals surface area contributed by atoms with Crippen molar-refractivity contribution in [2.45, 2.75) is 6.92 Å². The lowest BCUT2D eigenvalue weighted by Crippen LogP contribution is -2.32. The molecule has 7 heteroatoms. The number of carbonyl (C=O) groups is 2. The number of nitrogens with zero attached hydrogens (tertiary/aromatic N) is 1. The van der Waals surface area contributed by atoms with E-state index in [1.165, 1.54) is 11.8 Å². The van der Waals surface area contributed by atoms with Crippen LogP contribution in [-0.4, -0.2) is 35.1 Å². The Hall–Kier alpha value is -1.26. The molecule has 0 aliphatic heterocycles.